The van der Waals surface area contributed by atoms with E-state index in [-0.39, 0.29) is 17.9 Å². The molecular formula is C17H20F2N2O2. The van der Waals surface area contributed by atoms with Crippen LogP contribution in [0.4, 0.5) is 14.5 Å². The molecule has 0 aliphatic carbocycles. The van der Waals surface area contributed by atoms with Gasteiger partial charge in [-0.1, -0.05) is 19.1 Å². The lowest BCUT2D eigenvalue weighted by Gasteiger charge is -2.20. The Morgan fingerprint density at radius 2 is 2.00 bits per heavy atom. The molecule has 0 unspecified atom stereocenters. The van der Waals surface area contributed by atoms with E-state index in [1.54, 1.807) is 31.3 Å². The fourth-order valence-corrected chi connectivity index (χ4v) is 2.42. The van der Waals surface area contributed by atoms with Crippen molar-refractivity contribution in [3.8, 4) is 11.5 Å². The molecule has 124 valence electrons. The van der Waals surface area contributed by atoms with Gasteiger partial charge in [-0.05, 0) is 36.2 Å². The van der Waals surface area contributed by atoms with Crippen LogP contribution in [-0.4, -0.2) is 12.2 Å². The number of ether oxygens (including phenoxy) is 1. The lowest BCUT2D eigenvalue weighted by molar-refractivity contribution is 0.148. The number of halogens is 2. The number of aryl methyl sites for hydroxylation is 1. The van der Waals surface area contributed by atoms with Crippen molar-refractivity contribution in [1.82, 2.24) is 0 Å². The number of nitrogens with two attached hydrogens (primary N) is 1. The zero-order valence-electron chi connectivity index (χ0n) is 13.1. The SMILES string of the molecule is CCc1cc(O)ccc1OCc1c(C(F)F)cccc1N(C)N. The van der Waals surface area contributed by atoms with Crippen molar-refractivity contribution in [2.45, 2.75) is 26.4 Å². The highest BCUT2D eigenvalue weighted by Gasteiger charge is 2.18. The minimum absolute atomic E-state index is 0.0326. The van der Waals surface area contributed by atoms with Gasteiger partial charge in [-0.3, -0.25) is 0 Å². The molecular weight excluding hydrogens is 302 g/mol. The number of benzene rings is 2. The van der Waals surface area contributed by atoms with Crippen LogP contribution in [0.3, 0.4) is 0 Å². The Bertz CT molecular complexity index is 649. The molecule has 0 aliphatic heterocycles. The molecule has 0 bridgehead atoms. The highest BCUT2D eigenvalue weighted by molar-refractivity contribution is 5.56. The van der Waals surface area contributed by atoms with Gasteiger partial charge in [0.1, 0.15) is 18.1 Å². The number of nitrogens with zero attached hydrogens (tertiary/aromatic N) is 1. The average molecular weight is 322 g/mol. The lowest BCUT2D eigenvalue weighted by Crippen LogP contribution is -2.27. The fourth-order valence-electron chi connectivity index (χ4n) is 2.42. The van der Waals surface area contributed by atoms with Gasteiger partial charge in [-0.2, -0.15) is 0 Å². The lowest BCUT2D eigenvalue weighted by atomic mass is 10.1. The molecule has 3 N–H and O–H groups in total. The van der Waals surface area contributed by atoms with Crippen molar-refractivity contribution in [2.24, 2.45) is 5.84 Å². The molecule has 0 fully saturated rings. The third-order valence-electron chi connectivity index (χ3n) is 3.60. The summed E-state index contributed by atoms with van der Waals surface area (Å²) in [5.41, 5.74) is 1.54. The number of phenolic OH excluding ortho intramolecular Hbond substituents is 1. The summed E-state index contributed by atoms with van der Waals surface area (Å²) in [7, 11) is 1.59. The Labute approximate surface area is 134 Å². The number of rotatable bonds is 6. The van der Waals surface area contributed by atoms with Crippen LogP contribution >= 0.6 is 0 Å². The molecule has 2 rings (SSSR count). The first-order valence-corrected chi connectivity index (χ1v) is 7.27. The van der Waals surface area contributed by atoms with Gasteiger partial charge in [0.15, 0.2) is 0 Å². The third kappa shape index (κ3) is 3.90. The summed E-state index contributed by atoms with van der Waals surface area (Å²) < 4.78 is 32.2. The molecule has 2 aromatic carbocycles. The predicted molar refractivity (Wildman–Crippen MR) is 85.8 cm³/mol. The molecule has 0 atom stereocenters. The van der Waals surface area contributed by atoms with E-state index in [0.29, 0.717) is 23.4 Å². The van der Waals surface area contributed by atoms with Crippen molar-refractivity contribution < 1.29 is 18.6 Å². The molecule has 0 amide bonds. The molecule has 0 spiro atoms. The van der Waals surface area contributed by atoms with Crippen molar-refractivity contribution in [1.29, 1.82) is 0 Å². The largest absolute Gasteiger partial charge is 0.508 e. The zero-order chi connectivity index (χ0) is 17.0. The van der Waals surface area contributed by atoms with Crippen LogP contribution in [0, 0.1) is 0 Å². The molecule has 6 heteroatoms. The third-order valence-corrected chi connectivity index (χ3v) is 3.60. The summed E-state index contributed by atoms with van der Waals surface area (Å²) in [6.45, 7) is 1.89. The molecule has 0 radical (unpaired) electrons. The highest BCUT2D eigenvalue weighted by atomic mass is 19.3. The Morgan fingerprint density at radius 3 is 2.61 bits per heavy atom. The van der Waals surface area contributed by atoms with Crippen LogP contribution in [0.5, 0.6) is 11.5 Å². The summed E-state index contributed by atoms with van der Waals surface area (Å²) in [6, 6.07) is 9.32. The van der Waals surface area contributed by atoms with Crippen LogP contribution in [0.25, 0.3) is 0 Å². The molecule has 4 nitrogen and oxygen atoms in total. The number of phenols is 1. The second-order valence-electron chi connectivity index (χ2n) is 5.19. The van der Waals surface area contributed by atoms with E-state index < -0.39 is 6.43 Å². The molecule has 0 aromatic heterocycles. The molecule has 2 aromatic rings. The Morgan fingerprint density at radius 1 is 1.26 bits per heavy atom. The van der Waals surface area contributed by atoms with Gasteiger partial charge >= 0.3 is 0 Å². The van der Waals surface area contributed by atoms with Gasteiger partial charge in [-0.15, -0.1) is 0 Å². The fraction of sp³-hybridized carbons (Fsp3) is 0.294. The van der Waals surface area contributed by atoms with E-state index in [0.717, 1.165) is 5.56 Å². The topological polar surface area (TPSA) is 58.7 Å². The van der Waals surface area contributed by atoms with Crippen molar-refractivity contribution in [3.63, 3.8) is 0 Å². The maximum atomic E-state index is 13.2. The maximum absolute atomic E-state index is 13.2. The number of alkyl halides is 2. The molecule has 0 heterocycles. The highest BCUT2D eigenvalue weighted by Crippen LogP contribution is 2.31. The molecule has 23 heavy (non-hydrogen) atoms. The van der Waals surface area contributed by atoms with E-state index in [2.05, 4.69) is 0 Å². The van der Waals surface area contributed by atoms with Crippen LogP contribution < -0.4 is 15.6 Å². The number of anilines is 1. The quantitative estimate of drug-likeness (QED) is 0.628. The van der Waals surface area contributed by atoms with E-state index >= 15 is 0 Å². The molecule has 0 aliphatic rings. The first kappa shape index (κ1) is 17.0. The van der Waals surface area contributed by atoms with E-state index in [9.17, 15) is 13.9 Å². The van der Waals surface area contributed by atoms with Gasteiger partial charge < -0.3 is 14.9 Å². The van der Waals surface area contributed by atoms with Gasteiger partial charge in [0, 0.05) is 18.2 Å². The minimum Gasteiger partial charge on any atom is -0.508 e. The average Bonchev–Trinajstić information content (AvgIpc) is 2.52. The van der Waals surface area contributed by atoms with Crippen molar-refractivity contribution >= 4 is 5.69 Å². The number of hydrazine groups is 1. The Hall–Kier alpha value is -2.34. The summed E-state index contributed by atoms with van der Waals surface area (Å²) in [6.07, 6.45) is -1.96. The van der Waals surface area contributed by atoms with Crippen molar-refractivity contribution in [2.75, 3.05) is 12.1 Å². The van der Waals surface area contributed by atoms with E-state index in [1.807, 2.05) is 6.92 Å². The predicted octanol–water partition coefficient (Wildman–Crippen LogP) is 3.78. The monoisotopic (exact) mass is 322 g/mol. The number of aromatic hydroxyl groups is 1. The first-order valence-electron chi connectivity index (χ1n) is 7.27. The molecule has 0 saturated heterocycles. The maximum Gasteiger partial charge on any atom is 0.264 e. The first-order chi connectivity index (χ1) is 10.9. The van der Waals surface area contributed by atoms with Gasteiger partial charge in [0.2, 0.25) is 0 Å². The minimum atomic E-state index is -2.61. The smallest absolute Gasteiger partial charge is 0.264 e. The second kappa shape index (κ2) is 7.28. The summed E-state index contributed by atoms with van der Waals surface area (Å²) >= 11 is 0. The van der Waals surface area contributed by atoms with Gasteiger partial charge in [0.05, 0.1) is 5.69 Å². The van der Waals surface area contributed by atoms with E-state index in [4.69, 9.17) is 10.6 Å². The Kier molecular flexibility index (Phi) is 5.39. The summed E-state index contributed by atoms with van der Waals surface area (Å²) in [4.78, 5) is 0. The van der Waals surface area contributed by atoms with Crippen LogP contribution in [0.1, 0.15) is 30.0 Å². The zero-order valence-corrected chi connectivity index (χ0v) is 13.1. The number of hydrogen-bond donors (Lipinski definition) is 2. The standard InChI is InChI=1S/C17H20F2N2O2/c1-3-11-9-12(22)7-8-16(11)23-10-14-13(17(18)19)5-4-6-15(14)21(2)20/h4-9,17,22H,3,10,20H2,1-2H3. The summed E-state index contributed by atoms with van der Waals surface area (Å²) in [5.74, 6) is 6.43. The normalized spacial score (nSPS) is 10.9. The van der Waals surface area contributed by atoms with E-state index in [1.165, 1.54) is 17.1 Å². The Balaban J connectivity index is 2.33. The second-order valence-corrected chi connectivity index (χ2v) is 5.19. The van der Waals surface area contributed by atoms with Crippen LogP contribution in [0.15, 0.2) is 36.4 Å². The van der Waals surface area contributed by atoms with Gasteiger partial charge in [0.25, 0.3) is 6.43 Å². The summed E-state index contributed by atoms with van der Waals surface area (Å²) in [5, 5.41) is 10.8. The van der Waals surface area contributed by atoms with Crippen LogP contribution in [-0.2, 0) is 13.0 Å². The van der Waals surface area contributed by atoms with Gasteiger partial charge in [-0.25, -0.2) is 14.6 Å². The van der Waals surface area contributed by atoms with Crippen molar-refractivity contribution in [3.05, 3.63) is 53.1 Å². The molecule has 0 saturated carbocycles. The van der Waals surface area contributed by atoms with Crippen LogP contribution in [0.2, 0.25) is 0 Å². The number of hydrogen-bond acceptors (Lipinski definition) is 4.